The van der Waals surface area contributed by atoms with Crippen molar-refractivity contribution in [3.63, 3.8) is 0 Å². The third-order valence-electron chi connectivity index (χ3n) is 6.26. The number of unbranched alkanes of at least 4 members (excludes halogenated alkanes) is 2. The number of nitrogens with two attached hydrogens (primary N) is 1. The zero-order chi connectivity index (χ0) is 20.2. The van der Waals surface area contributed by atoms with Crippen molar-refractivity contribution in [3.8, 4) is 0 Å². The van der Waals surface area contributed by atoms with Crippen LogP contribution in [0.3, 0.4) is 0 Å². The number of hydrogen-bond donors (Lipinski definition) is 3. The molecule has 0 saturated heterocycles. The van der Waals surface area contributed by atoms with Crippen LogP contribution in [0.1, 0.15) is 74.5 Å². The predicted octanol–water partition coefficient (Wildman–Crippen LogP) is 4.61. The van der Waals surface area contributed by atoms with Crippen LogP contribution in [0.2, 0.25) is 0 Å². The van der Waals surface area contributed by atoms with Crippen molar-refractivity contribution >= 4 is 7.82 Å². The first-order valence-corrected chi connectivity index (χ1v) is 12.1. The highest BCUT2D eigenvalue weighted by atomic mass is 31.2. The molecule has 1 unspecified atom stereocenters. The fourth-order valence-electron chi connectivity index (χ4n) is 4.62. The molecule has 3 atom stereocenters. The van der Waals surface area contributed by atoms with Gasteiger partial charge in [0, 0.05) is 5.54 Å². The van der Waals surface area contributed by atoms with Crippen molar-refractivity contribution in [1.82, 2.24) is 0 Å². The lowest BCUT2D eigenvalue weighted by molar-refractivity contribution is 0.153. The van der Waals surface area contributed by atoms with Gasteiger partial charge in [-0.25, -0.2) is 4.57 Å². The Balaban J connectivity index is 1.59. The van der Waals surface area contributed by atoms with E-state index in [9.17, 15) is 4.57 Å². The Labute approximate surface area is 168 Å². The monoisotopic (exact) mass is 407 g/mol. The normalized spacial score (nSPS) is 28.0. The van der Waals surface area contributed by atoms with E-state index in [4.69, 9.17) is 15.5 Å². The molecule has 0 spiro atoms. The Hall–Kier alpha value is -0.970. The highest BCUT2D eigenvalue weighted by Crippen LogP contribution is 2.44. The number of fused-ring (bicyclic) bond motifs is 1. The average Bonchev–Trinajstić information content (AvgIpc) is 3.05. The van der Waals surface area contributed by atoms with E-state index in [1.54, 1.807) is 0 Å². The minimum absolute atomic E-state index is 0.0925. The molecule has 3 rings (SSSR count). The summed E-state index contributed by atoms with van der Waals surface area (Å²) in [7, 11) is -4.47. The van der Waals surface area contributed by atoms with Gasteiger partial charge in [0.1, 0.15) is 0 Å². The van der Waals surface area contributed by atoms with Gasteiger partial charge in [0.05, 0.1) is 6.61 Å². The molecular weight excluding hydrogens is 373 g/mol. The van der Waals surface area contributed by atoms with Gasteiger partial charge in [-0.15, -0.1) is 0 Å². The zero-order valence-electron chi connectivity index (χ0n) is 16.8. The maximum atomic E-state index is 11.0. The van der Waals surface area contributed by atoms with Gasteiger partial charge in [-0.1, -0.05) is 50.1 Å². The van der Waals surface area contributed by atoms with E-state index in [1.165, 1.54) is 42.4 Å². The number of allylic oxidation sites excluding steroid dienone is 2. The zero-order valence-corrected chi connectivity index (χ0v) is 17.7. The molecule has 1 aromatic carbocycles. The van der Waals surface area contributed by atoms with Crippen molar-refractivity contribution in [1.29, 1.82) is 0 Å². The van der Waals surface area contributed by atoms with Crippen LogP contribution in [0.5, 0.6) is 0 Å². The van der Waals surface area contributed by atoms with Crippen LogP contribution < -0.4 is 5.73 Å². The fraction of sp³-hybridized carbons (Fsp3) is 0.636. The van der Waals surface area contributed by atoms with Crippen molar-refractivity contribution < 1.29 is 18.9 Å². The van der Waals surface area contributed by atoms with Crippen molar-refractivity contribution in [2.75, 3.05) is 6.61 Å². The Morgan fingerprint density at radius 3 is 2.89 bits per heavy atom. The highest BCUT2D eigenvalue weighted by molar-refractivity contribution is 7.46. The minimum Gasteiger partial charge on any atom is -0.323 e. The Kier molecular flexibility index (Phi) is 7.17. The third kappa shape index (κ3) is 6.01. The van der Waals surface area contributed by atoms with E-state index < -0.39 is 13.4 Å². The number of phosphoric acid groups is 1. The summed E-state index contributed by atoms with van der Waals surface area (Å²) in [4.78, 5) is 17.9. The van der Waals surface area contributed by atoms with E-state index >= 15 is 0 Å². The molecule has 6 heteroatoms. The average molecular weight is 407 g/mol. The maximum absolute atomic E-state index is 11.0. The van der Waals surface area contributed by atoms with Crippen LogP contribution in [-0.2, 0) is 21.9 Å². The molecule has 0 heterocycles. The Bertz CT molecular complexity index is 744. The standard InChI is InChI=1S/C22H34NO4P/c1-2-3-4-5-6-17-7-8-19-14-20(10-9-18(19)13-17)21-11-12-22(23,15-21)16-27-28(24,25)26/h5-6,9-10,14,17,21H,2-4,7-8,11-13,15-16,23H2,1H3,(H2,24,25,26)/b6-5+/t17-,21?,22-/m1/s1. The second-order valence-electron chi connectivity index (χ2n) is 8.67. The van der Waals surface area contributed by atoms with E-state index in [0.717, 1.165) is 25.7 Å². The van der Waals surface area contributed by atoms with E-state index in [0.29, 0.717) is 18.3 Å². The van der Waals surface area contributed by atoms with Gasteiger partial charge in [-0.3, -0.25) is 4.52 Å². The van der Waals surface area contributed by atoms with Gasteiger partial charge in [0.2, 0.25) is 0 Å². The molecule has 0 aromatic heterocycles. The van der Waals surface area contributed by atoms with E-state index in [1.807, 2.05) is 0 Å². The first-order chi connectivity index (χ1) is 13.3. The highest BCUT2D eigenvalue weighted by Gasteiger charge is 2.38. The summed E-state index contributed by atoms with van der Waals surface area (Å²) in [6, 6.07) is 6.84. The second-order valence-corrected chi connectivity index (χ2v) is 9.91. The number of hydrogen-bond acceptors (Lipinski definition) is 3. The molecule has 1 saturated carbocycles. The van der Waals surface area contributed by atoms with Gasteiger partial charge in [-0.2, -0.15) is 0 Å². The SMILES string of the molecule is CCCC/C=C/[C@@H]1CCc2cc(C3CC[C@](N)(COP(=O)(O)O)C3)ccc2C1. The van der Waals surface area contributed by atoms with Crippen LogP contribution >= 0.6 is 7.82 Å². The first kappa shape index (κ1) is 21.7. The molecule has 0 bridgehead atoms. The quantitative estimate of drug-likeness (QED) is 0.332. The van der Waals surface area contributed by atoms with E-state index in [-0.39, 0.29) is 6.61 Å². The molecule has 28 heavy (non-hydrogen) atoms. The molecule has 1 aromatic rings. The summed E-state index contributed by atoms with van der Waals surface area (Å²) in [5.41, 5.74) is 9.91. The van der Waals surface area contributed by atoms with Gasteiger partial charge in [0.15, 0.2) is 0 Å². The third-order valence-corrected chi connectivity index (χ3v) is 6.73. The molecular formula is C22H34NO4P. The fourth-order valence-corrected chi connectivity index (χ4v) is 5.04. The van der Waals surface area contributed by atoms with Crippen molar-refractivity contribution in [3.05, 3.63) is 47.0 Å². The number of aryl methyl sites for hydroxylation is 1. The first-order valence-electron chi connectivity index (χ1n) is 10.6. The molecule has 0 aliphatic heterocycles. The van der Waals surface area contributed by atoms with Crippen LogP contribution in [0.4, 0.5) is 0 Å². The van der Waals surface area contributed by atoms with Crippen molar-refractivity contribution in [2.45, 2.75) is 76.2 Å². The summed E-state index contributed by atoms with van der Waals surface area (Å²) in [6.45, 7) is 2.14. The molecule has 0 amide bonds. The number of benzene rings is 1. The lowest BCUT2D eigenvalue weighted by Gasteiger charge is -2.25. The smallest absolute Gasteiger partial charge is 0.323 e. The van der Waals surface area contributed by atoms with Gasteiger partial charge in [0.25, 0.3) is 0 Å². The minimum atomic E-state index is -4.47. The van der Waals surface area contributed by atoms with Crippen LogP contribution in [0, 0.1) is 5.92 Å². The van der Waals surface area contributed by atoms with Crippen LogP contribution in [0.15, 0.2) is 30.4 Å². The van der Waals surface area contributed by atoms with Gasteiger partial charge in [-0.05, 0) is 73.5 Å². The largest absolute Gasteiger partial charge is 0.469 e. The topological polar surface area (TPSA) is 92.8 Å². The van der Waals surface area contributed by atoms with Gasteiger partial charge < -0.3 is 15.5 Å². The van der Waals surface area contributed by atoms with Crippen LogP contribution in [0.25, 0.3) is 0 Å². The Morgan fingerprint density at radius 2 is 2.14 bits per heavy atom. The lowest BCUT2D eigenvalue weighted by atomic mass is 9.81. The lowest BCUT2D eigenvalue weighted by Crippen LogP contribution is -2.41. The molecule has 4 N–H and O–H groups in total. The molecule has 2 aliphatic rings. The summed E-state index contributed by atoms with van der Waals surface area (Å²) in [6.07, 6.45) is 14.3. The number of phosphoric ester groups is 1. The molecule has 2 aliphatic carbocycles. The number of rotatable bonds is 8. The summed E-state index contributed by atoms with van der Waals surface area (Å²) >= 11 is 0. The Morgan fingerprint density at radius 1 is 1.32 bits per heavy atom. The second kappa shape index (κ2) is 9.23. The van der Waals surface area contributed by atoms with Gasteiger partial charge >= 0.3 is 7.82 Å². The molecule has 156 valence electrons. The van der Waals surface area contributed by atoms with Crippen molar-refractivity contribution in [2.24, 2.45) is 11.7 Å². The maximum Gasteiger partial charge on any atom is 0.469 e. The summed E-state index contributed by atoms with van der Waals surface area (Å²) in [5.74, 6) is 0.991. The molecule has 0 radical (unpaired) electrons. The van der Waals surface area contributed by atoms with Crippen LogP contribution in [-0.4, -0.2) is 21.9 Å². The molecule has 1 fully saturated rings. The predicted molar refractivity (Wildman–Crippen MR) is 112 cm³/mol. The summed E-state index contributed by atoms with van der Waals surface area (Å²) < 4.78 is 15.7. The summed E-state index contributed by atoms with van der Waals surface area (Å²) in [5, 5.41) is 0. The molecule has 5 nitrogen and oxygen atoms in total. The van der Waals surface area contributed by atoms with E-state index in [2.05, 4.69) is 41.8 Å².